The van der Waals surface area contributed by atoms with E-state index in [1.165, 1.54) is 38.5 Å². The Morgan fingerprint density at radius 2 is 1.61 bits per heavy atom. The van der Waals surface area contributed by atoms with Crippen molar-refractivity contribution in [2.75, 3.05) is 14.2 Å². The van der Waals surface area contributed by atoms with E-state index in [2.05, 4.69) is 0 Å². The third-order valence-electron chi connectivity index (χ3n) is 3.51. The number of aromatic hydroxyl groups is 2. The van der Waals surface area contributed by atoms with E-state index in [1.807, 2.05) is 0 Å². The zero-order chi connectivity index (χ0) is 16.6. The number of phenolic OH excluding ortho intramolecular Hbond substituents is 2. The number of hydrogen-bond donors (Lipinski definition) is 2. The van der Waals surface area contributed by atoms with Gasteiger partial charge in [-0.1, -0.05) is 0 Å². The molecular weight excluding hydrogens is 300 g/mol. The first-order valence-electron chi connectivity index (χ1n) is 6.75. The van der Waals surface area contributed by atoms with E-state index >= 15 is 0 Å². The fraction of sp³-hybridized carbons (Fsp3) is 0.118. The van der Waals surface area contributed by atoms with E-state index in [4.69, 9.17) is 13.9 Å². The molecule has 0 unspecified atom stereocenters. The summed E-state index contributed by atoms with van der Waals surface area (Å²) in [5, 5.41) is 20.2. The number of ether oxygens (including phenoxy) is 2. The Balaban J connectivity index is 2.26. The molecule has 118 valence electrons. The normalized spacial score (nSPS) is 10.7. The molecule has 3 aromatic rings. The first-order chi connectivity index (χ1) is 11.0. The zero-order valence-corrected chi connectivity index (χ0v) is 12.5. The highest BCUT2D eigenvalue weighted by atomic mass is 16.5. The third kappa shape index (κ3) is 2.55. The maximum absolute atomic E-state index is 12.2. The van der Waals surface area contributed by atoms with Crippen LogP contribution in [0.4, 0.5) is 0 Å². The Hall–Kier alpha value is -3.15. The van der Waals surface area contributed by atoms with Crippen molar-refractivity contribution in [3.8, 4) is 34.1 Å². The maximum Gasteiger partial charge on any atom is 0.344 e. The number of fused-ring (bicyclic) bond motifs is 1. The minimum atomic E-state index is -0.634. The van der Waals surface area contributed by atoms with Crippen LogP contribution in [-0.2, 0) is 0 Å². The van der Waals surface area contributed by atoms with Crippen LogP contribution in [0, 0.1) is 0 Å². The summed E-state index contributed by atoms with van der Waals surface area (Å²) in [6.45, 7) is 0. The Bertz CT molecular complexity index is 942. The molecule has 2 N–H and O–H groups in total. The monoisotopic (exact) mass is 314 g/mol. The van der Waals surface area contributed by atoms with Gasteiger partial charge in [-0.3, -0.25) is 0 Å². The van der Waals surface area contributed by atoms with Gasteiger partial charge >= 0.3 is 5.63 Å². The number of phenols is 2. The molecule has 0 radical (unpaired) electrons. The first kappa shape index (κ1) is 14.8. The van der Waals surface area contributed by atoms with Crippen LogP contribution in [0.2, 0.25) is 0 Å². The number of methoxy groups -OCH3 is 2. The molecule has 0 saturated carbocycles. The molecule has 0 bridgehead atoms. The molecule has 0 atom stereocenters. The van der Waals surface area contributed by atoms with Crippen LogP contribution in [0.1, 0.15) is 0 Å². The molecule has 0 aliphatic carbocycles. The van der Waals surface area contributed by atoms with Crippen LogP contribution in [0.25, 0.3) is 22.1 Å². The summed E-state index contributed by atoms with van der Waals surface area (Å²) in [4.78, 5) is 12.2. The van der Waals surface area contributed by atoms with Crippen molar-refractivity contribution in [1.29, 1.82) is 0 Å². The molecule has 0 fully saturated rings. The maximum atomic E-state index is 12.2. The average Bonchev–Trinajstić information content (AvgIpc) is 2.54. The van der Waals surface area contributed by atoms with Gasteiger partial charge in [0.15, 0.2) is 11.5 Å². The predicted octanol–water partition coefficient (Wildman–Crippen LogP) is 2.89. The van der Waals surface area contributed by atoms with Crippen LogP contribution in [0.15, 0.2) is 45.6 Å². The second-order valence-electron chi connectivity index (χ2n) is 4.89. The van der Waals surface area contributed by atoms with E-state index in [1.54, 1.807) is 12.1 Å². The Morgan fingerprint density at radius 1 is 0.913 bits per heavy atom. The number of rotatable bonds is 3. The van der Waals surface area contributed by atoms with Crippen molar-refractivity contribution in [2.24, 2.45) is 0 Å². The van der Waals surface area contributed by atoms with Crippen LogP contribution in [-0.4, -0.2) is 24.4 Å². The SMILES string of the molecule is COc1cc(O)c(-c2cc3ccc(O)cc3oc2=O)cc1OC. The van der Waals surface area contributed by atoms with E-state index in [-0.39, 0.29) is 28.2 Å². The van der Waals surface area contributed by atoms with E-state index in [0.717, 1.165) is 0 Å². The van der Waals surface area contributed by atoms with Gasteiger partial charge in [-0.05, 0) is 24.3 Å². The Kier molecular flexibility index (Phi) is 3.57. The highest BCUT2D eigenvalue weighted by Gasteiger charge is 2.16. The minimum Gasteiger partial charge on any atom is -0.508 e. The number of hydrogen-bond acceptors (Lipinski definition) is 6. The Morgan fingerprint density at radius 3 is 2.30 bits per heavy atom. The van der Waals surface area contributed by atoms with Gasteiger partial charge in [0.05, 0.1) is 19.8 Å². The molecule has 1 heterocycles. The summed E-state index contributed by atoms with van der Waals surface area (Å²) in [6.07, 6.45) is 0. The molecule has 6 heteroatoms. The molecule has 0 aliphatic rings. The van der Waals surface area contributed by atoms with Gasteiger partial charge in [0.25, 0.3) is 0 Å². The first-order valence-corrected chi connectivity index (χ1v) is 6.75. The minimum absolute atomic E-state index is 0.00219. The van der Waals surface area contributed by atoms with Crippen molar-refractivity contribution in [1.82, 2.24) is 0 Å². The quantitative estimate of drug-likeness (QED) is 0.723. The van der Waals surface area contributed by atoms with E-state index in [0.29, 0.717) is 16.9 Å². The van der Waals surface area contributed by atoms with Gasteiger partial charge < -0.3 is 24.1 Å². The molecule has 0 aliphatic heterocycles. The molecule has 0 amide bonds. The van der Waals surface area contributed by atoms with Gasteiger partial charge in [0.2, 0.25) is 0 Å². The average molecular weight is 314 g/mol. The molecule has 2 aromatic carbocycles. The molecule has 0 spiro atoms. The lowest BCUT2D eigenvalue weighted by Gasteiger charge is -2.11. The molecular formula is C17H14O6. The standard InChI is InChI=1S/C17H14O6/c1-21-15-7-11(13(19)8-16(15)22-2)12-5-9-3-4-10(18)6-14(9)23-17(12)20/h3-8,18-19H,1-2H3. The zero-order valence-electron chi connectivity index (χ0n) is 12.5. The molecule has 1 aromatic heterocycles. The molecule has 6 nitrogen and oxygen atoms in total. The van der Waals surface area contributed by atoms with Crippen LogP contribution in [0.5, 0.6) is 23.0 Å². The van der Waals surface area contributed by atoms with Crippen LogP contribution in [0.3, 0.4) is 0 Å². The summed E-state index contributed by atoms with van der Waals surface area (Å²) in [7, 11) is 2.91. The fourth-order valence-corrected chi connectivity index (χ4v) is 2.37. The van der Waals surface area contributed by atoms with Crippen LogP contribution >= 0.6 is 0 Å². The van der Waals surface area contributed by atoms with Crippen molar-refractivity contribution in [3.05, 3.63) is 46.8 Å². The summed E-state index contributed by atoms with van der Waals surface area (Å²) in [6, 6.07) is 8.92. The van der Waals surface area contributed by atoms with E-state index < -0.39 is 5.63 Å². The van der Waals surface area contributed by atoms with Crippen molar-refractivity contribution in [2.45, 2.75) is 0 Å². The van der Waals surface area contributed by atoms with Crippen molar-refractivity contribution < 1.29 is 24.1 Å². The second-order valence-corrected chi connectivity index (χ2v) is 4.89. The van der Waals surface area contributed by atoms with Gasteiger partial charge in [0, 0.05) is 23.1 Å². The second kappa shape index (κ2) is 5.57. The molecule has 3 rings (SSSR count). The van der Waals surface area contributed by atoms with E-state index in [9.17, 15) is 15.0 Å². The topological polar surface area (TPSA) is 89.1 Å². The van der Waals surface area contributed by atoms with Crippen LogP contribution < -0.4 is 15.1 Å². The van der Waals surface area contributed by atoms with Crippen molar-refractivity contribution in [3.63, 3.8) is 0 Å². The van der Waals surface area contributed by atoms with Gasteiger partial charge in [-0.25, -0.2) is 4.79 Å². The summed E-state index contributed by atoms with van der Waals surface area (Å²) in [5.41, 5.74) is 0.0809. The lowest BCUT2D eigenvalue weighted by Crippen LogP contribution is -2.03. The van der Waals surface area contributed by atoms with Gasteiger partial charge in [-0.15, -0.1) is 0 Å². The van der Waals surface area contributed by atoms with Gasteiger partial charge in [-0.2, -0.15) is 0 Å². The summed E-state index contributed by atoms with van der Waals surface area (Å²) >= 11 is 0. The summed E-state index contributed by atoms with van der Waals surface area (Å²) < 4.78 is 15.5. The fourth-order valence-electron chi connectivity index (χ4n) is 2.37. The van der Waals surface area contributed by atoms with Crippen molar-refractivity contribution >= 4 is 11.0 Å². The molecule has 23 heavy (non-hydrogen) atoms. The largest absolute Gasteiger partial charge is 0.508 e. The molecule has 0 saturated heterocycles. The smallest absolute Gasteiger partial charge is 0.344 e. The number of benzene rings is 2. The highest BCUT2D eigenvalue weighted by molar-refractivity contribution is 5.84. The predicted molar refractivity (Wildman–Crippen MR) is 84.4 cm³/mol. The Labute approximate surface area is 131 Å². The summed E-state index contributed by atoms with van der Waals surface area (Å²) in [5.74, 6) is 0.602. The van der Waals surface area contributed by atoms with Gasteiger partial charge in [0.1, 0.15) is 17.1 Å². The lowest BCUT2D eigenvalue weighted by molar-refractivity contribution is 0.352. The lowest BCUT2D eigenvalue weighted by atomic mass is 10.0. The highest BCUT2D eigenvalue weighted by Crippen LogP contribution is 2.39. The third-order valence-corrected chi connectivity index (χ3v) is 3.51.